The quantitative estimate of drug-likeness (QED) is 0.622. The highest BCUT2D eigenvalue weighted by Gasteiger charge is 2.10. The van der Waals surface area contributed by atoms with Crippen LogP contribution in [0.25, 0.3) is 10.1 Å². The van der Waals surface area contributed by atoms with Crippen LogP contribution in [0.3, 0.4) is 0 Å². The van der Waals surface area contributed by atoms with Gasteiger partial charge in [-0.3, -0.25) is 4.79 Å². The Morgan fingerprint density at radius 1 is 1.05 bits per heavy atom. The summed E-state index contributed by atoms with van der Waals surface area (Å²) in [6.07, 6.45) is 1.49. The summed E-state index contributed by atoms with van der Waals surface area (Å²) < 4.78 is 1.25. The molecule has 0 N–H and O–H groups in total. The van der Waals surface area contributed by atoms with Gasteiger partial charge in [0.1, 0.15) is 0 Å². The Morgan fingerprint density at radius 3 is 2.55 bits per heavy atom. The molecule has 0 amide bonds. The van der Waals surface area contributed by atoms with Crippen molar-refractivity contribution < 1.29 is 4.79 Å². The first-order valence-corrected chi connectivity index (χ1v) is 7.73. The smallest absolute Gasteiger partial charge is 0.167 e. The van der Waals surface area contributed by atoms with Crippen molar-refractivity contribution in [1.29, 1.82) is 0 Å². The highest BCUT2D eigenvalue weighted by Crippen LogP contribution is 2.26. The lowest BCUT2D eigenvalue weighted by atomic mass is 10.0. The Kier molecular flexibility index (Phi) is 3.66. The lowest BCUT2D eigenvalue weighted by molar-refractivity contribution is 0.0993. The van der Waals surface area contributed by atoms with Crippen LogP contribution >= 0.6 is 11.3 Å². The molecule has 1 aromatic heterocycles. The number of carbonyl (C=O) groups excluding carboxylic acids is 1. The lowest BCUT2D eigenvalue weighted by Crippen LogP contribution is -2.03. The van der Waals surface area contributed by atoms with Crippen molar-refractivity contribution in [3.8, 4) is 0 Å². The van der Waals surface area contributed by atoms with E-state index in [1.807, 2.05) is 36.4 Å². The van der Waals surface area contributed by atoms with E-state index in [2.05, 4.69) is 24.4 Å². The first-order valence-electron chi connectivity index (χ1n) is 6.85. The van der Waals surface area contributed by atoms with Gasteiger partial charge >= 0.3 is 0 Å². The Morgan fingerprint density at radius 2 is 1.80 bits per heavy atom. The zero-order valence-corrected chi connectivity index (χ0v) is 12.2. The van der Waals surface area contributed by atoms with Crippen molar-refractivity contribution in [2.24, 2.45) is 0 Å². The monoisotopic (exact) mass is 280 g/mol. The minimum atomic E-state index is 0.191. The number of benzene rings is 2. The van der Waals surface area contributed by atoms with Gasteiger partial charge in [-0.2, -0.15) is 0 Å². The van der Waals surface area contributed by atoms with Crippen molar-refractivity contribution in [3.63, 3.8) is 0 Å². The molecule has 0 saturated heterocycles. The predicted molar refractivity (Wildman–Crippen MR) is 85.7 cm³/mol. The molecule has 3 rings (SSSR count). The number of thiophene rings is 1. The van der Waals surface area contributed by atoms with Gasteiger partial charge in [-0.1, -0.05) is 49.4 Å². The summed E-state index contributed by atoms with van der Waals surface area (Å²) in [4.78, 5) is 12.4. The Hall–Kier alpha value is -1.93. The summed E-state index contributed by atoms with van der Waals surface area (Å²) in [6, 6.07) is 16.2. The first kappa shape index (κ1) is 13.1. The number of Topliss-reactive ketones (excluding diaryl/α,β-unsaturated/α-hetero) is 1. The molecule has 2 aromatic carbocycles. The Labute approximate surface area is 122 Å². The van der Waals surface area contributed by atoms with Crippen molar-refractivity contribution in [2.45, 2.75) is 19.8 Å². The van der Waals surface area contributed by atoms with Gasteiger partial charge in [-0.15, -0.1) is 11.3 Å². The average Bonchev–Trinajstić information content (AvgIpc) is 2.91. The third-order valence-electron chi connectivity index (χ3n) is 3.60. The summed E-state index contributed by atoms with van der Waals surface area (Å²) in [5.74, 6) is 0.191. The number of hydrogen-bond acceptors (Lipinski definition) is 2. The highest BCUT2D eigenvalue weighted by atomic mass is 32.1. The van der Waals surface area contributed by atoms with E-state index in [1.165, 1.54) is 15.6 Å². The fraction of sp³-hybridized carbons (Fsp3) is 0.167. The SMILES string of the molecule is CCc1ccc(C(=O)Cc2csc3ccccc23)cc1. The molecule has 0 atom stereocenters. The van der Waals surface area contributed by atoms with Crippen LogP contribution in [0.15, 0.2) is 53.9 Å². The van der Waals surface area contributed by atoms with Crippen LogP contribution in [0.4, 0.5) is 0 Å². The molecular formula is C18H16OS. The van der Waals surface area contributed by atoms with Gasteiger partial charge in [-0.25, -0.2) is 0 Å². The molecule has 0 fully saturated rings. The largest absolute Gasteiger partial charge is 0.294 e. The van der Waals surface area contributed by atoms with Gasteiger partial charge in [0.15, 0.2) is 5.78 Å². The second-order valence-corrected chi connectivity index (χ2v) is 5.82. The Balaban J connectivity index is 1.84. The van der Waals surface area contributed by atoms with Crippen LogP contribution in [-0.4, -0.2) is 5.78 Å². The number of hydrogen-bond donors (Lipinski definition) is 0. The molecule has 0 aliphatic heterocycles. The van der Waals surface area contributed by atoms with E-state index in [1.54, 1.807) is 11.3 Å². The number of fused-ring (bicyclic) bond motifs is 1. The van der Waals surface area contributed by atoms with E-state index in [-0.39, 0.29) is 5.78 Å². The van der Waals surface area contributed by atoms with E-state index < -0.39 is 0 Å². The molecule has 0 aliphatic rings. The van der Waals surface area contributed by atoms with Crippen molar-refractivity contribution in [3.05, 3.63) is 70.6 Å². The second-order valence-electron chi connectivity index (χ2n) is 4.91. The standard InChI is InChI=1S/C18H16OS/c1-2-13-7-9-14(10-8-13)17(19)11-15-12-20-18-6-4-3-5-16(15)18/h3-10,12H,2,11H2,1H3. The van der Waals surface area contributed by atoms with Crippen LogP contribution in [0.2, 0.25) is 0 Å². The van der Waals surface area contributed by atoms with Gasteiger partial charge in [-0.05, 0) is 34.4 Å². The third kappa shape index (κ3) is 2.52. The van der Waals surface area contributed by atoms with Gasteiger partial charge in [0.25, 0.3) is 0 Å². The summed E-state index contributed by atoms with van der Waals surface area (Å²) in [7, 11) is 0. The fourth-order valence-corrected chi connectivity index (χ4v) is 3.33. The molecule has 20 heavy (non-hydrogen) atoms. The average molecular weight is 280 g/mol. The maximum absolute atomic E-state index is 12.4. The van der Waals surface area contributed by atoms with E-state index >= 15 is 0 Å². The lowest BCUT2D eigenvalue weighted by Gasteiger charge is -2.02. The zero-order chi connectivity index (χ0) is 13.9. The third-order valence-corrected chi connectivity index (χ3v) is 4.61. The number of ketones is 1. The van der Waals surface area contributed by atoms with Gasteiger partial charge in [0.2, 0.25) is 0 Å². The molecule has 100 valence electrons. The summed E-state index contributed by atoms with van der Waals surface area (Å²) in [5, 5.41) is 3.30. The molecule has 3 aromatic rings. The number of rotatable bonds is 4. The fourth-order valence-electron chi connectivity index (χ4n) is 2.37. The van der Waals surface area contributed by atoms with E-state index in [0.717, 1.165) is 17.5 Å². The molecule has 0 radical (unpaired) electrons. The Bertz CT molecular complexity index is 737. The molecule has 0 unspecified atom stereocenters. The van der Waals surface area contributed by atoms with E-state index in [0.29, 0.717) is 6.42 Å². The summed E-state index contributed by atoms with van der Waals surface area (Å²) in [5.41, 5.74) is 3.20. The molecule has 2 heteroatoms. The van der Waals surface area contributed by atoms with Gasteiger partial charge in [0.05, 0.1) is 0 Å². The normalized spacial score (nSPS) is 10.8. The number of aryl methyl sites for hydroxylation is 1. The molecular weight excluding hydrogens is 264 g/mol. The molecule has 0 spiro atoms. The molecule has 0 saturated carbocycles. The van der Waals surface area contributed by atoms with E-state index in [4.69, 9.17) is 0 Å². The van der Waals surface area contributed by atoms with Crippen LogP contribution < -0.4 is 0 Å². The molecule has 0 bridgehead atoms. The van der Waals surface area contributed by atoms with Crippen molar-refractivity contribution >= 4 is 27.2 Å². The number of carbonyl (C=O) groups is 1. The topological polar surface area (TPSA) is 17.1 Å². The summed E-state index contributed by atoms with van der Waals surface area (Å²) in [6.45, 7) is 2.12. The summed E-state index contributed by atoms with van der Waals surface area (Å²) >= 11 is 1.70. The minimum absolute atomic E-state index is 0.191. The van der Waals surface area contributed by atoms with Crippen molar-refractivity contribution in [2.75, 3.05) is 0 Å². The molecule has 1 heterocycles. The molecule has 0 aliphatic carbocycles. The van der Waals surface area contributed by atoms with Gasteiger partial charge in [0, 0.05) is 16.7 Å². The van der Waals surface area contributed by atoms with Crippen LogP contribution in [0, 0.1) is 0 Å². The molecule has 1 nitrogen and oxygen atoms in total. The first-order chi connectivity index (χ1) is 9.78. The zero-order valence-electron chi connectivity index (χ0n) is 11.4. The minimum Gasteiger partial charge on any atom is -0.294 e. The van der Waals surface area contributed by atoms with Crippen LogP contribution in [0.1, 0.15) is 28.4 Å². The highest BCUT2D eigenvalue weighted by molar-refractivity contribution is 7.17. The van der Waals surface area contributed by atoms with Crippen LogP contribution in [-0.2, 0) is 12.8 Å². The predicted octanol–water partition coefficient (Wildman–Crippen LogP) is 4.89. The second kappa shape index (κ2) is 5.59. The maximum atomic E-state index is 12.4. The van der Waals surface area contributed by atoms with Gasteiger partial charge < -0.3 is 0 Å². The van der Waals surface area contributed by atoms with Crippen LogP contribution in [0.5, 0.6) is 0 Å². The maximum Gasteiger partial charge on any atom is 0.167 e. The van der Waals surface area contributed by atoms with E-state index in [9.17, 15) is 4.79 Å². The van der Waals surface area contributed by atoms with Crippen molar-refractivity contribution in [1.82, 2.24) is 0 Å².